The fraction of sp³-hybridized carbons (Fsp3) is 0.825. The number of benzene rings is 1. The molecule has 0 radical (unpaired) electrons. The van der Waals surface area contributed by atoms with E-state index in [1.165, 1.54) is 0 Å². The lowest BCUT2D eigenvalue weighted by Crippen LogP contribution is -2.64. The molecule has 1 aromatic rings. The third kappa shape index (κ3) is 33.8. The van der Waals surface area contributed by atoms with Crippen molar-refractivity contribution in [3.05, 3.63) is 81.5 Å². The van der Waals surface area contributed by atoms with E-state index in [1.54, 1.807) is 24.3 Å². The van der Waals surface area contributed by atoms with Crippen LogP contribution < -0.4 is 0 Å². The van der Waals surface area contributed by atoms with Crippen molar-refractivity contribution >= 4 is 0 Å². The van der Waals surface area contributed by atoms with Crippen molar-refractivity contribution in [2.24, 2.45) is 10.8 Å². The number of aliphatic hydroxyl groups is 32. The first-order valence-electron chi connectivity index (χ1n) is 41.9. The van der Waals surface area contributed by atoms with Crippen LogP contribution in [0, 0.1) is 10.8 Å². The fourth-order valence-electron chi connectivity index (χ4n) is 14.2. The van der Waals surface area contributed by atoms with Gasteiger partial charge in [0.1, 0.15) is 110 Å². The number of hydrogen-bond donors (Lipinski definition) is 32. The van der Waals surface area contributed by atoms with E-state index >= 15 is 0 Å². The Morgan fingerprint density at radius 2 is 0.758 bits per heavy atom. The molecule has 32 N–H and O–H groups in total. The lowest BCUT2D eigenvalue weighted by Gasteiger charge is -2.46. The molecule has 29 atom stereocenters. The number of ether oxygens (including phenoxy) is 10. The first-order valence-corrected chi connectivity index (χ1v) is 41.9. The van der Waals surface area contributed by atoms with Crippen LogP contribution in [0.2, 0.25) is 0 Å². The fourth-order valence-corrected chi connectivity index (χ4v) is 14.2. The Hall–Kier alpha value is -4.86. The molecule has 124 heavy (non-hydrogen) atoms. The number of unbranched alkanes of at least 4 members (excludes halogenated alkanes) is 12. The molecule has 724 valence electrons. The van der Waals surface area contributed by atoms with Gasteiger partial charge in [-0.15, -0.1) is 0 Å². The summed E-state index contributed by atoms with van der Waals surface area (Å²) in [6.45, 7) is -4.48. The van der Waals surface area contributed by atoms with Crippen molar-refractivity contribution in [2.75, 3.05) is 79.3 Å². The molecule has 0 amide bonds. The Morgan fingerprint density at radius 1 is 0.379 bits per heavy atom. The molecule has 0 spiro atoms. The summed E-state index contributed by atoms with van der Waals surface area (Å²) in [7, 11) is 0. The quantitative estimate of drug-likeness (QED) is 0.00991. The molecule has 4 rings (SSSR count). The number of aliphatic hydroxyl groups excluding tert-OH is 32. The van der Waals surface area contributed by atoms with E-state index in [0.29, 0.717) is 49.7 Å². The maximum atomic E-state index is 11.9. The molecular weight excluding hydrogens is 1660 g/mol. The van der Waals surface area contributed by atoms with E-state index in [0.717, 1.165) is 58.3 Å². The molecule has 0 saturated carbocycles. The van der Waals surface area contributed by atoms with Gasteiger partial charge in [0.2, 0.25) is 25.2 Å². The van der Waals surface area contributed by atoms with Gasteiger partial charge < -0.3 is 211 Å². The molecule has 0 aliphatic carbocycles. The lowest BCUT2D eigenvalue weighted by molar-refractivity contribution is -0.370. The molecule has 0 bridgehead atoms. The van der Waals surface area contributed by atoms with Crippen LogP contribution in [0.15, 0.2) is 70.3 Å². The summed E-state index contributed by atoms with van der Waals surface area (Å²) in [5, 5.41) is 343. The average Bonchev–Trinajstić information content (AvgIpc) is 0.753. The van der Waals surface area contributed by atoms with Gasteiger partial charge in [0, 0.05) is 62.9 Å². The Balaban J connectivity index is 1.97. The summed E-state index contributed by atoms with van der Waals surface area (Å²) in [5.74, 6) is -10.6. The van der Waals surface area contributed by atoms with Crippen molar-refractivity contribution in [1.29, 1.82) is 0 Å². The average molecular weight is 1810 g/mol. The van der Waals surface area contributed by atoms with Gasteiger partial charge in [-0.05, 0) is 43.7 Å². The van der Waals surface area contributed by atoms with Crippen LogP contribution in [0.4, 0.5) is 0 Å². The molecule has 0 aromatic heterocycles. The van der Waals surface area contributed by atoms with Crippen molar-refractivity contribution in [3.8, 4) is 0 Å². The van der Waals surface area contributed by atoms with Crippen LogP contribution in [0.1, 0.15) is 160 Å². The third-order valence-electron chi connectivity index (χ3n) is 21.9. The minimum Gasteiger partial charge on any atom is -0.506 e. The van der Waals surface area contributed by atoms with Crippen LogP contribution in [0.3, 0.4) is 0 Å². The van der Waals surface area contributed by atoms with E-state index in [-0.39, 0.29) is 25.7 Å². The zero-order valence-electron chi connectivity index (χ0n) is 70.1. The normalized spacial score (nSPS) is 28.2. The predicted octanol–water partition coefficient (Wildman–Crippen LogP) is -3.46. The molecule has 10 unspecified atom stereocenters. The summed E-state index contributed by atoms with van der Waals surface area (Å²) < 4.78 is 58.6. The monoisotopic (exact) mass is 1800 g/mol. The summed E-state index contributed by atoms with van der Waals surface area (Å²) in [4.78, 5) is 10.3. The second kappa shape index (κ2) is 57.3. The summed E-state index contributed by atoms with van der Waals surface area (Å²) >= 11 is 0. The highest BCUT2D eigenvalue weighted by Gasteiger charge is 2.53. The van der Waals surface area contributed by atoms with Crippen molar-refractivity contribution in [1.82, 2.24) is 0 Å². The standard InChI is InChI=1S/C80H140O44/c1-4-6-8-10-12-14-16-26-79(38-113-72(109)65(104)56(95)47(24-30-83)117-74(111)63(102)54(93)45(90)22-28-81,41-116-77-69(108)62(101)71(52(37-88)120-77)122-78-67(106)60(99)58(97)49(34-85)118-78)32-43-18-20-44(21-19-43)33-80(27-17-15-13-11-9-7-5-2,39-114-73(110)66(105)57(96)48(25-31-84)123-124-50(35-86)59(98)53(92)42(3)89)40-115-76-68(107)61(100)70(51(36-87)119-76)121-75(112)64(103)55(94)46(91)23-29-82/h18-21,42,45-53,58-62,67-78,81-112H,4-17,22-41H2,1-3H3/b63-54-,64-55-,65-56-,66-57-/t42-,45-,46-,47-,48-,49?,50?,51?,52?,53?,58-,59-,60?,61-,62?,67?,68?,69?,70-,71-,72+,73+,74+,75+,76-,77-,78-,79-,80-/m1/s1. The van der Waals surface area contributed by atoms with Crippen molar-refractivity contribution < 1.29 is 221 Å². The summed E-state index contributed by atoms with van der Waals surface area (Å²) in [6.07, 6.45) is -46.5. The smallest absolute Gasteiger partial charge is 0.218 e. The molecular formula is C80H140O44. The van der Waals surface area contributed by atoms with Gasteiger partial charge in [-0.2, -0.15) is 0 Å². The lowest BCUT2D eigenvalue weighted by atomic mass is 9.76. The van der Waals surface area contributed by atoms with Gasteiger partial charge in [-0.1, -0.05) is 128 Å². The van der Waals surface area contributed by atoms with E-state index < -0.39 is 328 Å². The molecule has 44 nitrogen and oxygen atoms in total. The zero-order chi connectivity index (χ0) is 92.7. The van der Waals surface area contributed by atoms with E-state index in [4.69, 9.17) is 57.1 Å². The Bertz CT molecular complexity index is 3190. The second-order valence-corrected chi connectivity index (χ2v) is 31.8. The molecule has 3 aliphatic rings. The zero-order valence-corrected chi connectivity index (χ0v) is 70.1. The topological polar surface area (TPSA) is 758 Å². The maximum Gasteiger partial charge on any atom is 0.218 e. The van der Waals surface area contributed by atoms with E-state index in [1.807, 2.05) is 13.8 Å². The highest BCUT2D eigenvalue weighted by Crippen LogP contribution is 2.40. The SMILES string of the molecule is CCCCCCCCC[C@](CO[C@@H]1OC(CO)[C@@H](O[C@H](O)/C(O)=C(/O)[C@H](O)CCO)[C@H](O)C1O)(CO[C@H](O)/C(O)=C(/O)[C@@H](CCO)OOC(CO)[C@@H](O)C(O)[C@@H](C)O)Cc1ccc(C[C@@](CCCCCCCCC)(CO[C@@H]2OC(CO)[C@@H](O[C@H]3OC(CO)[C@@H](O)C(O)C3O)C(O)C2O)CO[C@H](O)/C(O)=C(/O)[C@@H](CCO)O[C@H](O)/C(O)=C(/O)[C@H](O)CCO)cc1. The van der Waals surface area contributed by atoms with Gasteiger partial charge >= 0.3 is 0 Å². The molecule has 3 saturated heterocycles. The molecule has 3 heterocycles. The Kier molecular flexibility index (Phi) is 51.5. The maximum absolute atomic E-state index is 11.9. The van der Waals surface area contributed by atoms with E-state index in [9.17, 15) is 163 Å². The first kappa shape index (κ1) is 111. The van der Waals surface area contributed by atoms with Crippen molar-refractivity contribution in [3.63, 3.8) is 0 Å². The Morgan fingerprint density at radius 3 is 1.18 bits per heavy atom. The minimum absolute atomic E-state index is 0.0474. The van der Waals surface area contributed by atoms with Gasteiger partial charge in [0.25, 0.3) is 0 Å². The highest BCUT2D eigenvalue weighted by molar-refractivity contribution is 5.25. The predicted molar refractivity (Wildman–Crippen MR) is 424 cm³/mol. The summed E-state index contributed by atoms with van der Waals surface area (Å²) in [5.41, 5.74) is -2.28. The van der Waals surface area contributed by atoms with E-state index in [2.05, 4.69) is 0 Å². The number of hydrogen-bond acceptors (Lipinski definition) is 44. The molecule has 3 aliphatic heterocycles. The van der Waals surface area contributed by atoms with Crippen LogP contribution in [-0.4, -0.2) is 409 Å². The number of rotatable bonds is 64. The molecule has 1 aromatic carbocycles. The first-order chi connectivity index (χ1) is 58.9. The van der Waals surface area contributed by atoms with Gasteiger partial charge in [0.05, 0.1) is 59.0 Å². The molecule has 3 fully saturated rings. The summed E-state index contributed by atoms with van der Waals surface area (Å²) in [6, 6.07) is 6.45. The molecule has 44 heteroatoms. The third-order valence-corrected chi connectivity index (χ3v) is 21.9. The van der Waals surface area contributed by atoms with Crippen LogP contribution >= 0.6 is 0 Å². The minimum atomic E-state index is -2.59. The Labute approximate surface area is 717 Å². The highest BCUT2D eigenvalue weighted by atomic mass is 17.2. The second-order valence-electron chi connectivity index (χ2n) is 31.8. The van der Waals surface area contributed by atoms with Crippen LogP contribution in [-0.2, 0) is 70.0 Å². The van der Waals surface area contributed by atoms with Gasteiger partial charge in [0.15, 0.2) is 71.0 Å². The van der Waals surface area contributed by atoms with Gasteiger partial charge in [-0.25, -0.2) is 9.78 Å². The van der Waals surface area contributed by atoms with Crippen LogP contribution in [0.25, 0.3) is 0 Å². The van der Waals surface area contributed by atoms with Crippen LogP contribution in [0.5, 0.6) is 0 Å². The van der Waals surface area contributed by atoms with Crippen molar-refractivity contribution in [2.45, 2.75) is 328 Å². The largest absolute Gasteiger partial charge is 0.506 e. The van der Waals surface area contributed by atoms with Gasteiger partial charge in [-0.3, -0.25) is 0 Å².